The predicted molar refractivity (Wildman–Crippen MR) is 95.1 cm³/mol. The van der Waals surface area contributed by atoms with E-state index >= 15 is 0 Å². The fraction of sp³-hybridized carbons (Fsp3) is 0.467. The van der Waals surface area contributed by atoms with Gasteiger partial charge in [0.15, 0.2) is 0 Å². The average molecular weight is 344 g/mol. The number of carbonyl (C=O) groups excluding carboxylic acids is 2. The maximum absolute atomic E-state index is 12.2. The summed E-state index contributed by atoms with van der Waals surface area (Å²) in [7, 11) is 0. The van der Waals surface area contributed by atoms with Crippen LogP contribution in [0, 0.1) is 6.92 Å². The first-order valence-electron chi connectivity index (χ1n) is 7.04. The summed E-state index contributed by atoms with van der Waals surface area (Å²) in [5.41, 5.74) is 2.32. The molecule has 1 heterocycles. The van der Waals surface area contributed by atoms with Crippen molar-refractivity contribution in [2.75, 3.05) is 28.7 Å². The lowest BCUT2D eigenvalue weighted by molar-refractivity contribution is -0.116. The summed E-state index contributed by atoms with van der Waals surface area (Å²) in [6.45, 7) is 4.35. The Labute approximate surface area is 141 Å². The van der Waals surface area contributed by atoms with Gasteiger partial charge in [0, 0.05) is 37.4 Å². The molecule has 0 spiro atoms. The molecule has 7 heteroatoms. The molecule has 1 aromatic carbocycles. The van der Waals surface area contributed by atoms with E-state index < -0.39 is 0 Å². The zero-order valence-corrected chi connectivity index (χ0v) is 14.4. The lowest BCUT2D eigenvalue weighted by Crippen LogP contribution is -2.39. The third kappa shape index (κ3) is 5.87. The van der Waals surface area contributed by atoms with Gasteiger partial charge in [-0.3, -0.25) is 9.59 Å². The first-order chi connectivity index (χ1) is 10.0. The minimum atomic E-state index is -0.153. The van der Waals surface area contributed by atoms with Gasteiger partial charge in [-0.05, 0) is 24.6 Å². The van der Waals surface area contributed by atoms with E-state index in [1.54, 1.807) is 6.07 Å². The fourth-order valence-corrected chi connectivity index (χ4v) is 3.19. The third-order valence-electron chi connectivity index (χ3n) is 3.19. The van der Waals surface area contributed by atoms with Crippen molar-refractivity contribution in [3.05, 3.63) is 23.8 Å². The van der Waals surface area contributed by atoms with Crippen molar-refractivity contribution in [1.82, 2.24) is 5.32 Å². The number of thioether (sulfide) groups is 1. The standard InChI is InChI=1S/C15H21N3O2S.ClH/c1-10-3-4-13(17-11(2)19)14(7-10)18-15(20)8-12-9-21-6-5-16-12;/h3-4,7,12,16H,5-6,8-9H2,1-2H3,(H,17,19)(H,18,20);1H. The largest absolute Gasteiger partial charge is 0.325 e. The summed E-state index contributed by atoms with van der Waals surface area (Å²) in [5.74, 6) is 1.87. The van der Waals surface area contributed by atoms with Crippen molar-refractivity contribution in [2.24, 2.45) is 0 Å². The third-order valence-corrected chi connectivity index (χ3v) is 4.32. The number of anilines is 2. The van der Waals surface area contributed by atoms with Crippen LogP contribution in [0.5, 0.6) is 0 Å². The molecule has 1 unspecified atom stereocenters. The smallest absolute Gasteiger partial charge is 0.226 e. The number of amides is 2. The molecule has 0 radical (unpaired) electrons. The zero-order chi connectivity index (χ0) is 15.2. The van der Waals surface area contributed by atoms with E-state index in [1.165, 1.54) is 6.92 Å². The van der Waals surface area contributed by atoms with Crippen LogP contribution < -0.4 is 16.0 Å². The van der Waals surface area contributed by atoms with Crippen molar-refractivity contribution in [3.63, 3.8) is 0 Å². The summed E-state index contributed by atoms with van der Waals surface area (Å²) in [4.78, 5) is 23.4. The summed E-state index contributed by atoms with van der Waals surface area (Å²) in [5, 5.41) is 8.98. The molecule has 1 atom stereocenters. The van der Waals surface area contributed by atoms with E-state index in [2.05, 4.69) is 16.0 Å². The molecule has 0 saturated carbocycles. The Hall–Kier alpha value is -1.24. The van der Waals surface area contributed by atoms with E-state index in [-0.39, 0.29) is 30.3 Å². The van der Waals surface area contributed by atoms with Crippen LogP contribution in [0.15, 0.2) is 18.2 Å². The lowest BCUT2D eigenvalue weighted by atomic mass is 10.1. The second kappa shape index (κ2) is 9.02. The minimum absolute atomic E-state index is 0. The Morgan fingerprint density at radius 1 is 1.32 bits per heavy atom. The van der Waals surface area contributed by atoms with Crippen LogP contribution in [0.25, 0.3) is 0 Å². The Bertz CT molecular complexity index is 534. The molecule has 22 heavy (non-hydrogen) atoms. The van der Waals surface area contributed by atoms with Crippen LogP contribution in [-0.4, -0.2) is 35.9 Å². The number of halogens is 1. The number of carbonyl (C=O) groups is 2. The quantitative estimate of drug-likeness (QED) is 0.785. The molecule has 3 N–H and O–H groups in total. The SMILES string of the molecule is CC(=O)Nc1ccc(C)cc1NC(=O)CC1CSCCN1.Cl. The Morgan fingerprint density at radius 3 is 2.73 bits per heavy atom. The van der Waals surface area contributed by atoms with Crippen molar-refractivity contribution in [1.29, 1.82) is 0 Å². The Morgan fingerprint density at radius 2 is 2.09 bits per heavy atom. The van der Waals surface area contributed by atoms with Gasteiger partial charge in [-0.25, -0.2) is 0 Å². The normalized spacial score (nSPS) is 17.3. The molecule has 1 aliphatic rings. The van der Waals surface area contributed by atoms with E-state index in [0.717, 1.165) is 23.6 Å². The maximum Gasteiger partial charge on any atom is 0.226 e. The van der Waals surface area contributed by atoms with E-state index in [9.17, 15) is 9.59 Å². The van der Waals surface area contributed by atoms with Gasteiger partial charge in [0.1, 0.15) is 0 Å². The first-order valence-corrected chi connectivity index (χ1v) is 8.19. The highest BCUT2D eigenvalue weighted by Crippen LogP contribution is 2.23. The van der Waals surface area contributed by atoms with Crippen LogP contribution in [0.2, 0.25) is 0 Å². The summed E-state index contributed by atoms with van der Waals surface area (Å²) >= 11 is 1.87. The Kier molecular flexibility index (Phi) is 7.72. The average Bonchev–Trinajstić information content (AvgIpc) is 2.42. The summed E-state index contributed by atoms with van der Waals surface area (Å²) in [6.07, 6.45) is 0.445. The summed E-state index contributed by atoms with van der Waals surface area (Å²) in [6, 6.07) is 5.80. The van der Waals surface area contributed by atoms with E-state index in [0.29, 0.717) is 17.8 Å². The fourth-order valence-electron chi connectivity index (χ4n) is 2.24. The zero-order valence-electron chi connectivity index (χ0n) is 12.8. The van der Waals surface area contributed by atoms with Crippen molar-refractivity contribution >= 4 is 47.4 Å². The minimum Gasteiger partial charge on any atom is -0.325 e. The highest BCUT2D eigenvalue weighted by molar-refractivity contribution is 7.99. The van der Waals surface area contributed by atoms with Gasteiger partial charge in [0.25, 0.3) is 0 Å². The lowest BCUT2D eigenvalue weighted by Gasteiger charge is -2.22. The molecule has 1 aromatic rings. The number of hydrogen-bond acceptors (Lipinski definition) is 4. The number of rotatable bonds is 4. The van der Waals surface area contributed by atoms with Gasteiger partial charge in [0.05, 0.1) is 11.4 Å². The summed E-state index contributed by atoms with van der Waals surface area (Å²) < 4.78 is 0. The number of hydrogen-bond donors (Lipinski definition) is 3. The van der Waals surface area contributed by atoms with Gasteiger partial charge < -0.3 is 16.0 Å². The van der Waals surface area contributed by atoms with Crippen LogP contribution in [0.1, 0.15) is 18.9 Å². The molecule has 5 nitrogen and oxygen atoms in total. The van der Waals surface area contributed by atoms with E-state index in [4.69, 9.17) is 0 Å². The van der Waals surface area contributed by atoms with Gasteiger partial charge in [-0.15, -0.1) is 12.4 Å². The number of benzene rings is 1. The maximum atomic E-state index is 12.2. The molecule has 1 saturated heterocycles. The highest BCUT2D eigenvalue weighted by Gasteiger charge is 2.17. The van der Waals surface area contributed by atoms with Crippen LogP contribution in [0.3, 0.4) is 0 Å². The molecule has 1 fully saturated rings. The van der Waals surface area contributed by atoms with Gasteiger partial charge >= 0.3 is 0 Å². The second-order valence-corrected chi connectivity index (χ2v) is 6.36. The van der Waals surface area contributed by atoms with Crippen LogP contribution >= 0.6 is 24.2 Å². The molecule has 1 aliphatic heterocycles. The van der Waals surface area contributed by atoms with Gasteiger partial charge in [0.2, 0.25) is 11.8 Å². The van der Waals surface area contributed by atoms with Gasteiger partial charge in [-0.2, -0.15) is 11.8 Å². The molecular weight excluding hydrogens is 322 g/mol. The molecule has 2 amide bonds. The first kappa shape index (κ1) is 18.8. The van der Waals surface area contributed by atoms with Crippen molar-refractivity contribution in [3.8, 4) is 0 Å². The molecule has 0 bridgehead atoms. The predicted octanol–water partition coefficient (Wildman–Crippen LogP) is 2.41. The second-order valence-electron chi connectivity index (χ2n) is 5.21. The molecular formula is C15H22ClN3O2S. The van der Waals surface area contributed by atoms with Crippen LogP contribution in [0.4, 0.5) is 11.4 Å². The van der Waals surface area contributed by atoms with Crippen molar-refractivity contribution < 1.29 is 9.59 Å². The topological polar surface area (TPSA) is 70.2 Å². The van der Waals surface area contributed by atoms with Crippen LogP contribution in [-0.2, 0) is 9.59 Å². The number of nitrogens with one attached hydrogen (secondary N) is 3. The van der Waals surface area contributed by atoms with Gasteiger partial charge in [-0.1, -0.05) is 6.07 Å². The molecule has 0 aliphatic carbocycles. The monoisotopic (exact) mass is 343 g/mol. The number of aryl methyl sites for hydroxylation is 1. The highest BCUT2D eigenvalue weighted by atomic mass is 35.5. The molecule has 2 rings (SSSR count). The molecule has 122 valence electrons. The molecule has 0 aromatic heterocycles. The Balaban J connectivity index is 0.00000242. The van der Waals surface area contributed by atoms with Crippen molar-refractivity contribution in [2.45, 2.75) is 26.3 Å². The van der Waals surface area contributed by atoms with E-state index in [1.807, 2.05) is 30.8 Å².